The maximum atomic E-state index is 4.20. The summed E-state index contributed by atoms with van der Waals surface area (Å²) in [5.41, 5.74) is 0. The molecule has 0 amide bonds. The second kappa shape index (κ2) is 2.23. The van der Waals surface area contributed by atoms with Crippen molar-refractivity contribution in [1.29, 1.82) is 0 Å². The van der Waals surface area contributed by atoms with E-state index in [9.17, 15) is 0 Å². The molecule has 2 rings (SSSR count). The van der Waals surface area contributed by atoms with Gasteiger partial charge in [-0.3, -0.25) is 0 Å². The third kappa shape index (κ3) is 1.29. The quantitative estimate of drug-likeness (QED) is 0.705. The molecule has 0 aromatic carbocycles. The predicted molar refractivity (Wildman–Crippen MR) is 43.5 cm³/mol. The lowest BCUT2D eigenvalue weighted by Crippen LogP contribution is -1.98. The van der Waals surface area contributed by atoms with Gasteiger partial charge in [-0.25, -0.2) is 4.98 Å². The van der Waals surface area contributed by atoms with Crippen molar-refractivity contribution in [1.82, 2.24) is 4.98 Å². The molecule has 1 N–H and O–H groups in total. The number of nitrogens with zero attached hydrogens (tertiary/aromatic N) is 1. The molecule has 1 aliphatic carbocycles. The van der Waals surface area contributed by atoms with Crippen LogP contribution in [0.2, 0.25) is 0 Å². The third-order valence-electron chi connectivity index (χ3n) is 1.53. The second-order valence-corrected chi connectivity index (χ2v) is 3.93. The summed E-state index contributed by atoms with van der Waals surface area (Å²) in [5.74, 6) is 0. The largest absolute Gasteiger partial charge is 0.359 e. The molecule has 0 atom stereocenters. The van der Waals surface area contributed by atoms with E-state index in [1.807, 2.05) is 6.20 Å². The number of hydrogen-bond acceptors (Lipinski definition) is 3. The van der Waals surface area contributed by atoms with E-state index in [1.165, 1.54) is 17.7 Å². The highest BCUT2D eigenvalue weighted by Gasteiger charge is 2.21. The number of rotatable bonds is 2. The molecule has 2 nitrogen and oxygen atoms in total. The maximum absolute atomic E-state index is 4.20. The van der Waals surface area contributed by atoms with Crippen LogP contribution in [0, 0.1) is 6.92 Å². The van der Waals surface area contributed by atoms with Gasteiger partial charge in [0.05, 0.1) is 0 Å². The van der Waals surface area contributed by atoms with E-state index >= 15 is 0 Å². The van der Waals surface area contributed by atoms with E-state index in [-0.39, 0.29) is 0 Å². The van der Waals surface area contributed by atoms with Gasteiger partial charge in [0.1, 0.15) is 0 Å². The third-order valence-corrected chi connectivity index (χ3v) is 2.37. The van der Waals surface area contributed by atoms with Crippen LogP contribution in [0.5, 0.6) is 0 Å². The number of thiazole rings is 1. The second-order valence-electron chi connectivity index (χ2n) is 2.69. The van der Waals surface area contributed by atoms with Crippen molar-refractivity contribution in [2.75, 3.05) is 5.32 Å². The van der Waals surface area contributed by atoms with E-state index in [0.717, 1.165) is 11.2 Å². The van der Waals surface area contributed by atoms with E-state index in [1.54, 1.807) is 11.3 Å². The molecule has 1 aromatic heterocycles. The Hall–Kier alpha value is -0.570. The van der Waals surface area contributed by atoms with Crippen molar-refractivity contribution in [3.05, 3.63) is 11.1 Å². The normalized spacial score (nSPS) is 17.3. The first-order valence-electron chi connectivity index (χ1n) is 3.53. The molecule has 1 fully saturated rings. The standard InChI is InChI=1S/C7H10N2S/c1-5-4-8-7(10-5)9-6-2-3-6/h4,6H,2-3H2,1H3,(H,8,9). The Balaban J connectivity index is 2.03. The summed E-state index contributed by atoms with van der Waals surface area (Å²) in [4.78, 5) is 5.48. The first kappa shape index (κ1) is 6.16. The summed E-state index contributed by atoms with van der Waals surface area (Å²) >= 11 is 1.73. The average molecular weight is 154 g/mol. The molecule has 10 heavy (non-hydrogen) atoms. The van der Waals surface area contributed by atoms with E-state index < -0.39 is 0 Å². The molecule has 1 heterocycles. The molecular weight excluding hydrogens is 144 g/mol. The summed E-state index contributed by atoms with van der Waals surface area (Å²) in [5, 5.41) is 4.43. The highest BCUT2D eigenvalue weighted by atomic mass is 32.1. The van der Waals surface area contributed by atoms with Crippen LogP contribution in [-0.4, -0.2) is 11.0 Å². The summed E-state index contributed by atoms with van der Waals surface area (Å²) in [6, 6.07) is 0.727. The smallest absolute Gasteiger partial charge is 0.183 e. The Bertz CT molecular complexity index is 227. The molecule has 1 aromatic rings. The van der Waals surface area contributed by atoms with Crippen LogP contribution in [0.25, 0.3) is 0 Å². The monoisotopic (exact) mass is 154 g/mol. The fourth-order valence-corrected chi connectivity index (χ4v) is 1.57. The first-order valence-corrected chi connectivity index (χ1v) is 4.35. The minimum absolute atomic E-state index is 0.727. The zero-order valence-electron chi connectivity index (χ0n) is 5.92. The van der Waals surface area contributed by atoms with Crippen molar-refractivity contribution >= 4 is 16.5 Å². The van der Waals surface area contributed by atoms with Crippen LogP contribution in [0.3, 0.4) is 0 Å². The average Bonchev–Trinajstić information content (AvgIpc) is 2.59. The van der Waals surface area contributed by atoms with Crippen molar-refractivity contribution in [2.24, 2.45) is 0 Å². The summed E-state index contributed by atoms with van der Waals surface area (Å²) < 4.78 is 0. The maximum Gasteiger partial charge on any atom is 0.183 e. The van der Waals surface area contributed by atoms with Gasteiger partial charge in [0.25, 0.3) is 0 Å². The minimum atomic E-state index is 0.727. The van der Waals surface area contributed by atoms with Gasteiger partial charge in [-0.15, -0.1) is 11.3 Å². The number of hydrogen-bond donors (Lipinski definition) is 1. The SMILES string of the molecule is Cc1cnc(NC2CC2)s1. The molecule has 0 spiro atoms. The van der Waals surface area contributed by atoms with Crippen molar-refractivity contribution < 1.29 is 0 Å². The van der Waals surface area contributed by atoms with Gasteiger partial charge in [-0.2, -0.15) is 0 Å². The molecule has 0 bridgehead atoms. The van der Waals surface area contributed by atoms with E-state index in [2.05, 4.69) is 17.2 Å². The molecule has 0 unspecified atom stereocenters. The van der Waals surface area contributed by atoms with Crippen molar-refractivity contribution in [3.8, 4) is 0 Å². The molecule has 3 heteroatoms. The Morgan fingerprint density at radius 2 is 2.50 bits per heavy atom. The van der Waals surface area contributed by atoms with Crippen molar-refractivity contribution in [2.45, 2.75) is 25.8 Å². The highest BCUT2D eigenvalue weighted by Crippen LogP contribution is 2.26. The Labute approximate surface area is 64.3 Å². The Morgan fingerprint density at radius 3 is 3.00 bits per heavy atom. The fraction of sp³-hybridized carbons (Fsp3) is 0.571. The predicted octanol–water partition coefficient (Wildman–Crippen LogP) is 2.03. The van der Waals surface area contributed by atoms with Gasteiger partial charge in [0.15, 0.2) is 5.13 Å². The number of aryl methyl sites for hydroxylation is 1. The molecule has 0 saturated heterocycles. The lowest BCUT2D eigenvalue weighted by Gasteiger charge is -1.94. The van der Waals surface area contributed by atoms with Gasteiger partial charge in [0, 0.05) is 17.1 Å². The lowest BCUT2D eigenvalue weighted by atomic mass is 10.6. The van der Waals surface area contributed by atoms with Gasteiger partial charge in [0.2, 0.25) is 0 Å². The zero-order valence-corrected chi connectivity index (χ0v) is 6.74. The topological polar surface area (TPSA) is 24.9 Å². The molecule has 0 aliphatic heterocycles. The summed E-state index contributed by atoms with van der Waals surface area (Å²) in [7, 11) is 0. The van der Waals surface area contributed by atoms with Crippen LogP contribution < -0.4 is 5.32 Å². The summed E-state index contributed by atoms with van der Waals surface area (Å²) in [6.45, 7) is 2.08. The molecule has 1 aliphatic rings. The van der Waals surface area contributed by atoms with Crippen molar-refractivity contribution in [3.63, 3.8) is 0 Å². The Morgan fingerprint density at radius 1 is 1.70 bits per heavy atom. The van der Waals surface area contributed by atoms with Gasteiger partial charge >= 0.3 is 0 Å². The van der Waals surface area contributed by atoms with E-state index in [4.69, 9.17) is 0 Å². The fourth-order valence-electron chi connectivity index (χ4n) is 0.824. The van der Waals surface area contributed by atoms with Crippen LogP contribution in [0.15, 0.2) is 6.20 Å². The molecule has 54 valence electrons. The van der Waals surface area contributed by atoms with Gasteiger partial charge < -0.3 is 5.32 Å². The number of nitrogens with one attached hydrogen (secondary N) is 1. The molecular formula is C7H10N2S. The lowest BCUT2D eigenvalue weighted by molar-refractivity contribution is 1.14. The van der Waals surface area contributed by atoms with Crippen LogP contribution in [0.1, 0.15) is 17.7 Å². The van der Waals surface area contributed by atoms with Gasteiger partial charge in [-0.05, 0) is 19.8 Å². The zero-order chi connectivity index (χ0) is 6.97. The highest BCUT2D eigenvalue weighted by molar-refractivity contribution is 7.15. The number of aromatic nitrogens is 1. The first-order chi connectivity index (χ1) is 4.84. The van der Waals surface area contributed by atoms with E-state index in [0.29, 0.717) is 0 Å². The summed E-state index contributed by atoms with van der Waals surface area (Å²) in [6.07, 6.45) is 4.55. The van der Waals surface area contributed by atoms with Crippen LogP contribution >= 0.6 is 11.3 Å². The van der Waals surface area contributed by atoms with Crippen LogP contribution in [-0.2, 0) is 0 Å². The van der Waals surface area contributed by atoms with Crippen LogP contribution in [0.4, 0.5) is 5.13 Å². The minimum Gasteiger partial charge on any atom is -0.359 e. The molecule has 1 saturated carbocycles. The molecule has 0 radical (unpaired) electrons. The number of anilines is 1. The Kier molecular flexibility index (Phi) is 1.38. The van der Waals surface area contributed by atoms with Gasteiger partial charge in [-0.1, -0.05) is 0 Å².